The Labute approximate surface area is 116 Å². The van der Waals surface area contributed by atoms with E-state index in [-0.39, 0.29) is 0 Å². The van der Waals surface area contributed by atoms with E-state index in [1.165, 1.54) is 73.2 Å². The summed E-state index contributed by atoms with van der Waals surface area (Å²) in [7, 11) is 0. The van der Waals surface area contributed by atoms with Crippen molar-refractivity contribution in [1.29, 1.82) is 0 Å². The van der Waals surface area contributed by atoms with Crippen LogP contribution in [-0.4, -0.2) is 0 Å². The van der Waals surface area contributed by atoms with Crippen LogP contribution in [0.5, 0.6) is 0 Å². The molecule has 0 aliphatic heterocycles. The molecule has 0 aromatic carbocycles. The van der Waals surface area contributed by atoms with Crippen LogP contribution in [0.4, 0.5) is 0 Å². The first-order valence-corrected chi connectivity index (χ1v) is 8.13. The molecule has 0 aromatic rings. The Morgan fingerprint density at radius 3 is 1.31 bits per heavy atom. The summed E-state index contributed by atoms with van der Waals surface area (Å²) in [5, 5.41) is 0. The van der Waals surface area contributed by atoms with Crippen LogP contribution in [-0.2, 0) is 0 Å². The summed E-state index contributed by atoms with van der Waals surface area (Å²) in [5.41, 5.74) is 3.26. The van der Waals surface area contributed by atoms with Crippen LogP contribution in [0, 0.1) is 0 Å². The zero-order chi connectivity index (χ0) is 11.4. The zero-order valence-electron chi connectivity index (χ0n) is 9.83. The molecular weight excluding hydrogens is 328 g/mol. The largest absolute Gasteiger partial charge is 0.0553 e. The summed E-state index contributed by atoms with van der Waals surface area (Å²) < 4.78 is 2.97. The number of allylic oxidation sites excluding steroid dienone is 4. The van der Waals surface area contributed by atoms with Crippen LogP contribution in [0.15, 0.2) is 20.1 Å². The van der Waals surface area contributed by atoms with Gasteiger partial charge in [0.2, 0.25) is 0 Å². The predicted molar refractivity (Wildman–Crippen MR) is 78.1 cm³/mol. The van der Waals surface area contributed by atoms with Crippen molar-refractivity contribution in [3.05, 3.63) is 20.1 Å². The van der Waals surface area contributed by atoms with Gasteiger partial charge in [-0.25, -0.2) is 0 Å². The highest BCUT2D eigenvalue weighted by Crippen LogP contribution is 2.39. The fourth-order valence-corrected chi connectivity index (χ4v) is 4.16. The molecule has 16 heavy (non-hydrogen) atoms. The molecule has 0 nitrogen and oxygen atoms in total. The fourth-order valence-electron chi connectivity index (χ4n) is 2.72. The van der Waals surface area contributed by atoms with Crippen molar-refractivity contribution < 1.29 is 0 Å². The van der Waals surface area contributed by atoms with Gasteiger partial charge < -0.3 is 0 Å². The first-order chi connectivity index (χ1) is 7.79. The quantitative estimate of drug-likeness (QED) is 0.528. The highest BCUT2D eigenvalue weighted by atomic mass is 79.9. The van der Waals surface area contributed by atoms with E-state index < -0.39 is 0 Å². The van der Waals surface area contributed by atoms with Gasteiger partial charge in [-0.3, -0.25) is 0 Å². The van der Waals surface area contributed by atoms with Crippen molar-refractivity contribution >= 4 is 31.9 Å². The van der Waals surface area contributed by atoms with Gasteiger partial charge >= 0.3 is 0 Å². The van der Waals surface area contributed by atoms with Gasteiger partial charge in [-0.2, -0.15) is 0 Å². The molecule has 0 amide bonds. The Bertz CT molecular complexity index is 281. The third kappa shape index (κ3) is 3.22. The van der Waals surface area contributed by atoms with Crippen molar-refractivity contribution in [2.45, 2.75) is 64.2 Å². The molecule has 0 N–H and O–H groups in total. The van der Waals surface area contributed by atoms with E-state index in [2.05, 4.69) is 31.9 Å². The Kier molecular flexibility index (Phi) is 5.15. The van der Waals surface area contributed by atoms with E-state index in [4.69, 9.17) is 0 Å². The molecule has 0 unspecified atom stereocenters. The monoisotopic (exact) mass is 346 g/mol. The van der Waals surface area contributed by atoms with Crippen molar-refractivity contribution in [2.24, 2.45) is 0 Å². The maximum Gasteiger partial charge on any atom is -0.00143 e. The average molecular weight is 348 g/mol. The number of rotatable bonds is 1. The van der Waals surface area contributed by atoms with Gasteiger partial charge in [0.25, 0.3) is 0 Å². The molecule has 0 saturated heterocycles. The zero-order valence-corrected chi connectivity index (χ0v) is 13.0. The second-order valence-electron chi connectivity index (χ2n) is 4.89. The lowest BCUT2D eigenvalue weighted by Crippen LogP contribution is -1.94. The molecule has 0 bridgehead atoms. The van der Waals surface area contributed by atoms with Crippen LogP contribution >= 0.6 is 31.9 Å². The number of hydrogen-bond acceptors (Lipinski definition) is 0. The highest BCUT2D eigenvalue weighted by Gasteiger charge is 2.17. The van der Waals surface area contributed by atoms with Crippen molar-refractivity contribution in [3.63, 3.8) is 0 Å². The first kappa shape index (κ1) is 12.9. The Hall–Kier alpha value is 0.440. The topological polar surface area (TPSA) is 0 Å². The summed E-state index contributed by atoms with van der Waals surface area (Å²) >= 11 is 7.64. The standard InChI is InChI=1S/C14H20Br2/c15-13-9-5-1-3-7-11(13)12-8-4-2-6-10-14(12)16/h1-10H2. The molecule has 2 aliphatic rings. The van der Waals surface area contributed by atoms with E-state index in [1.807, 2.05) is 0 Å². The van der Waals surface area contributed by atoms with Crippen molar-refractivity contribution in [1.82, 2.24) is 0 Å². The lowest BCUT2D eigenvalue weighted by atomic mass is 9.97. The van der Waals surface area contributed by atoms with E-state index in [9.17, 15) is 0 Å². The van der Waals surface area contributed by atoms with Gasteiger partial charge in [-0.15, -0.1) is 0 Å². The predicted octanol–water partition coefficient (Wildman–Crippen LogP) is 6.21. The minimum absolute atomic E-state index is 1.25. The van der Waals surface area contributed by atoms with E-state index in [0.29, 0.717) is 0 Å². The lowest BCUT2D eigenvalue weighted by molar-refractivity contribution is 0.699. The molecule has 2 heteroatoms. The summed E-state index contributed by atoms with van der Waals surface area (Å²) in [6.07, 6.45) is 13.3. The molecule has 2 aliphatic carbocycles. The molecular formula is C14H20Br2. The second-order valence-corrected chi connectivity index (χ2v) is 6.80. The Balaban J connectivity index is 2.26. The first-order valence-electron chi connectivity index (χ1n) is 6.54. The van der Waals surface area contributed by atoms with E-state index in [1.54, 1.807) is 11.1 Å². The van der Waals surface area contributed by atoms with Gasteiger partial charge in [0, 0.05) is 0 Å². The molecule has 0 atom stereocenters. The van der Waals surface area contributed by atoms with Gasteiger partial charge in [-0.1, -0.05) is 44.7 Å². The summed E-state index contributed by atoms with van der Waals surface area (Å²) in [6, 6.07) is 0. The lowest BCUT2D eigenvalue weighted by Gasteiger charge is -2.14. The van der Waals surface area contributed by atoms with Gasteiger partial charge in [0.1, 0.15) is 0 Å². The summed E-state index contributed by atoms with van der Waals surface area (Å²) in [5.74, 6) is 0. The maximum atomic E-state index is 3.82. The van der Waals surface area contributed by atoms with Crippen molar-refractivity contribution in [2.75, 3.05) is 0 Å². The second kappa shape index (κ2) is 6.39. The van der Waals surface area contributed by atoms with Crippen molar-refractivity contribution in [3.8, 4) is 0 Å². The number of halogens is 2. The Morgan fingerprint density at radius 1 is 0.500 bits per heavy atom. The van der Waals surface area contributed by atoms with Crippen LogP contribution in [0.1, 0.15) is 64.2 Å². The molecule has 0 radical (unpaired) electrons. The van der Waals surface area contributed by atoms with Crippen LogP contribution < -0.4 is 0 Å². The van der Waals surface area contributed by atoms with Crippen LogP contribution in [0.3, 0.4) is 0 Å². The minimum atomic E-state index is 1.25. The summed E-state index contributed by atoms with van der Waals surface area (Å²) in [4.78, 5) is 0. The van der Waals surface area contributed by atoms with Crippen LogP contribution in [0.25, 0.3) is 0 Å². The Morgan fingerprint density at radius 2 is 0.875 bits per heavy atom. The molecule has 0 aromatic heterocycles. The van der Waals surface area contributed by atoms with Gasteiger partial charge in [0.05, 0.1) is 0 Å². The number of hydrogen-bond donors (Lipinski definition) is 0. The van der Waals surface area contributed by atoms with Gasteiger partial charge in [-0.05, 0) is 71.5 Å². The van der Waals surface area contributed by atoms with E-state index >= 15 is 0 Å². The molecule has 0 saturated carbocycles. The SMILES string of the molecule is BrC1=C(C2=C(Br)CCCCC2)CCCCC1. The van der Waals surface area contributed by atoms with Crippen LogP contribution in [0.2, 0.25) is 0 Å². The third-order valence-corrected chi connectivity index (χ3v) is 5.42. The average Bonchev–Trinajstić information content (AvgIpc) is 2.59. The maximum absolute atomic E-state index is 3.82. The smallest absolute Gasteiger partial charge is 0.00143 e. The molecule has 0 heterocycles. The highest BCUT2D eigenvalue weighted by molar-refractivity contribution is 9.12. The van der Waals surface area contributed by atoms with Gasteiger partial charge in [0.15, 0.2) is 0 Å². The molecule has 2 rings (SSSR count). The fraction of sp³-hybridized carbons (Fsp3) is 0.714. The normalized spacial score (nSPS) is 24.4. The molecule has 90 valence electrons. The summed E-state index contributed by atoms with van der Waals surface area (Å²) in [6.45, 7) is 0. The molecule has 0 fully saturated rings. The van der Waals surface area contributed by atoms with E-state index in [0.717, 1.165) is 0 Å². The third-order valence-electron chi connectivity index (χ3n) is 3.67. The minimum Gasteiger partial charge on any atom is -0.0553 e. The molecule has 0 spiro atoms.